The molecule has 0 bridgehead atoms. The van der Waals surface area contributed by atoms with Crippen molar-refractivity contribution < 1.29 is 9.53 Å². The molecule has 1 aliphatic heterocycles. The van der Waals surface area contributed by atoms with E-state index >= 15 is 0 Å². The van der Waals surface area contributed by atoms with E-state index in [1.54, 1.807) is 0 Å². The van der Waals surface area contributed by atoms with Gasteiger partial charge in [-0.15, -0.1) is 12.4 Å². The molecule has 2 rings (SSSR count). The molecule has 0 radical (unpaired) electrons. The molecule has 0 saturated carbocycles. The number of anilines is 1. The van der Waals surface area contributed by atoms with E-state index in [-0.39, 0.29) is 18.4 Å². The molecule has 0 aliphatic carbocycles. The van der Waals surface area contributed by atoms with Gasteiger partial charge in [0.2, 0.25) is 0 Å². The van der Waals surface area contributed by atoms with Crippen LogP contribution >= 0.6 is 12.4 Å². The topological polar surface area (TPSA) is 32.8 Å². The van der Waals surface area contributed by atoms with Crippen molar-refractivity contribution in [2.75, 3.05) is 44.2 Å². The zero-order valence-electron chi connectivity index (χ0n) is 12.0. The first-order valence-corrected chi connectivity index (χ1v) is 6.97. The Hall–Kier alpha value is -1.26. The molecule has 1 heterocycles. The van der Waals surface area contributed by atoms with Crippen molar-refractivity contribution in [1.29, 1.82) is 0 Å². The van der Waals surface area contributed by atoms with Crippen LogP contribution in [0.4, 0.5) is 5.69 Å². The fraction of sp³-hybridized carbons (Fsp3) is 0.533. The van der Waals surface area contributed by atoms with Gasteiger partial charge in [-0.3, -0.25) is 9.69 Å². The molecule has 112 valence electrons. The Bertz CT molecular complexity index is 392. The number of rotatable bonds is 5. The van der Waals surface area contributed by atoms with Gasteiger partial charge in [-0.1, -0.05) is 18.2 Å². The second-order valence-electron chi connectivity index (χ2n) is 4.72. The maximum atomic E-state index is 11.3. The number of hydrogen-bond donors (Lipinski definition) is 0. The van der Waals surface area contributed by atoms with E-state index in [4.69, 9.17) is 4.74 Å². The van der Waals surface area contributed by atoms with Crippen molar-refractivity contribution in [3.05, 3.63) is 30.3 Å². The van der Waals surface area contributed by atoms with Crippen LogP contribution < -0.4 is 4.90 Å². The molecule has 1 aliphatic rings. The van der Waals surface area contributed by atoms with Crippen LogP contribution in [0.25, 0.3) is 0 Å². The highest BCUT2D eigenvalue weighted by molar-refractivity contribution is 5.85. The van der Waals surface area contributed by atoms with Gasteiger partial charge in [0.15, 0.2) is 0 Å². The van der Waals surface area contributed by atoms with Crippen molar-refractivity contribution in [2.45, 2.75) is 13.3 Å². The van der Waals surface area contributed by atoms with E-state index in [0.29, 0.717) is 13.0 Å². The van der Waals surface area contributed by atoms with Crippen LogP contribution in [0, 0.1) is 0 Å². The smallest absolute Gasteiger partial charge is 0.307 e. The highest BCUT2D eigenvalue weighted by Gasteiger charge is 2.17. The van der Waals surface area contributed by atoms with E-state index in [0.717, 1.165) is 32.7 Å². The molecule has 1 saturated heterocycles. The van der Waals surface area contributed by atoms with Gasteiger partial charge in [-0.25, -0.2) is 0 Å². The number of carbonyl (C=O) groups is 1. The molecule has 5 heteroatoms. The molecule has 0 aromatic heterocycles. The standard InChI is InChI=1S/C15H22N2O2.ClH/c1-2-19-15(18)8-9-16-10-12-17(13-11-16)14-6-4-3-5-7-14;/h3-7H,2,8-13H2,1H3;1H. The molecule has 1 aromatic carbocycles. The Morgan fingerprint density at radius 3 is 2.40 bits per heavy atom. The van der Waals surface area contributed by atoms with E-state index < -0.39 is 0 Å². The Kier molecular flexibility index (Phi) is 7.41. The van der Waals surface area contributed by atoms with Crippen molar-refractivity contribution in [3.8, 4) is 0 Å². The van der Waals surface area contributed by atoms with Crippen LogP contribution in [-0.4, -0.2) is 50.2 Å². The van der Waals surface area contributed by atoms with Gasteiger partial charge in [0.25, 0.3) is 0 Å². The lowest BCUT2D eigenvalue weighted by molar-refractivity contribution is -0.143. The second-order valence-corrected chi connectivity index (χ2v) is 4.72. The lowest BCUT2D eigenvalue weighted by Gasteiger charge is -2.35. The minimum atomic E-state index is -0.0898. The van der Waals surface area contributed by atoms with Crippen molar-refractivity contribution in [1.82, 2.24) is 4.90 Å². The fourth-order valence-electron chi connectivity index (χ4n) is 2.35. The van der Waals surface area contributed by atoms with Gasteiger partial charge in [0.05, 0.1) is 13.0 Å². The molecule has 0 unspecified atom stereocenters. The van der Waals surface area contributed by atoms with Gasteiger partial charge in [-0.2, -0.15) is 0 Å². The molecule has 4 nitrogen and oxygen atoms in total. The van der Waals surface area contributed by atoms with Gasteiger partial charge in [-0.05, 0) is 19.1 Å². The molecule has 0 N–H and O–H groups in total. The van der Waals surface area contributed by atoms with Crippen LogP contribution in [0.1, 0.15) is 13.3 Å². The van der Waals surface area contributed by atoms with Crippen LogP contribution in [0.3, 0.4) is 0 Å². The lowest BCUT2D eigenvalue weighted by Crippen LogP contribution is -2.46. The number of nitrogens with zero attached hydrogens (tertiary/aromatic N) is 2. The number of halogens is 1. The molecular weight excluding hydrogens is 276 g/mol. The predicted molar refractivity (Wildman–Crippen MR) is 83.6 cm³/mol. The molecular formula is C15H23ClN2O2. The maximum absolute atomic E-state index is 11.3. The summed E-state index contributed by atoms with van der Waals surface area (Å²) < 4.78 is 4.95. The zero-order valence-corrected chi connectivity index (χ0v) is 12.8. The van der Waals surface area contributed by atoms with Crippen LogP contribution in [0.15, 0.2) is 30.3 Å². The monoisotopic (exact) mass is 298 g/mol. The Morgan fingerprint density at radius 1 is 1.15 bits per heavy atom. The largest absolute Gasteiger partial charge is 0.466 e. The van der Waals surface area contributed by atoms with Crippen molar-refractivity contribution >= 4 is 24.1 Å². The van der Waals surface area contributed by atoms with Crippen LogP contribution in [0.2, 0.25) is 0 Å². The summed E-state index contributed by atoms with van der Waals surface area (Å²) in [5.74, 6) is -0.0898. The molecule has 0 atom stereocenters. The average Bonchev–Trinajstić information content (AvgIpc) is 2.47. The SMILES string of the molecule is CCOC(=O)CCN1CCN(c2ccccc2)CC1.Cl. The molecule has 1 fully saturated rings. The van der Waals surface area contributed by atoms with E-state index in [1.807, 2.05) is 13.0 Å². The third kappa shape index (κ3) is 5.02. The van der Waals surface area contributed by atoms with Gasteiger partial charge < -0.3 is 9.64 Å². The first-order valence-electron chi connectivity index (χ1n) is 6.97. The fourth-order valence-corrected chi connectivity index (χ4v) is 2.35. The average molecular weight is 299 g/mol. The predicted octanol–water partition coefficient (Wildman–Crippen LogP) is 2.18. The number of benzene rings is 1. The van der Waals surface area contributed by atoms with E-state index in [2.05, 4.69) is 34.1 Å². The number of carbonyl (C=O) groups excluding carboxylic acids is 1. The van der Waals surface area contributed by atoms with E-state index in [9.17, 15) is 4.79 Å². The summed E-state index contributed by atoms with van der Waals surface area (Å²) in [6.07, 6.45) is 0.499. The highest BCUT2D eigenvalue weighted by Crippen LogP contribution is 2.15. The van der Waals surface area contributed by atoms with Crippen molar-refractivity contribution in [3.63, 3.8) is 0 Å². The molecule has 0 spiro atoms. The minimum Gasteiger partial charge on any atom is -0.466 e. The molecule has 0 amide bonds. The van der Waals surface area contributed by atoms with Crippen LogP contribution in [-0.2, 0) is 9.53 Å². The Morgan fingerprint density at radius 2 is 1.80 bits per heavy atom. The third-order valence-electron chi connectivity index (χ3n) is 3.43. The molecule has 1 aromatic rings. The number of piperazine rings is 1. The summed E-state index contributed by atoms with van der Waals surface area (Å²) in [5, 5.41) is 0. The highest BCUT2D eigenvalue weighted by atomic mass is 35.5. The second kappa shape index (κ2) is 8.82. The first-order chi connectivity index (χ1) is 9.29. The summed E-state index contributed by atoms with van der Waals surface area (Å²) >= 11 is 0. The summed E-state index contributed by atoms with van der Waals surface area (Å²) in [6.45, 7) is 7.18. The molecule has 20 heavy (non-hydrogen) atoms. The van der Waals surface area contributed by atoms with Crippen LogP contribution in [0.5, 0.6) is 0 Å². The summed E-state index contributed by atoms with van der Waals surface area (Å²) in [7, 11) is 0. The number of para-hydroxylation sites is 1. The summed E-state index contributed by atoms with van der Waals surface area (Å²) in [5.41, 5.74) is 1.28. The number of esters is 1. The van der Waals surface area contributed by atoms with Gasteiger partial charge >= 0.3 is 5.97 Å². The normalized spacial score (nSPS) is 15.6. The Balaban J connectivity index is 0.00000200. The van der Waals surface area contributed by atoms with Gasteiger partial charge in [0.1, 0.15) is 0 Å². The van der Waals surface area contributed by atoms with Gasteiger partial charge in [0, 0.05) is 38.4 Å². The lowest BCUT2D eigenvalue weighted by atomic mass is 10.2. The number of ether oxygens (including phenoxy) is 1. The van der Waals surface area contributed by atoms with E-state index in [1.165, 1.54) is 5.69 Å². The number of hydrogen-bond acceptors (Lipinski definition) is 4. The maximum Gasteiger partial charge on any atom is 0.307 e. The Labute approximate surface area is 127 Å². The summed E-state index contributed by atoms with van der Waals surface area (Å²) in [6, 6.07) is 10.5. The third-order valence-corrected chi connectivity index (χ3v) is 3.43. The summed E-state index contributed by atoms with van der Waals surface area (Å²) in [4.78, 5) is 16.0. The minimum absolute atomic E-state index is 0. The van der Waals surface area contributed by atoms with Crippen molar-refractivity contribution in [2.24, 2.45) is 0 Å². The first kappa shape index (κ1) is 16.8. The quantitative estimate of drug-likeness (QED) is 0.780. The zero-order chi connectivity index (χ0) is 13.5.